The summed E-state index contributed by atoms with van der Waals surface area (Å²) in [6.07, 6.45) is 2.84. The molecular weight excluding hydrogens is 513 g/mol. The first-order valence-electron chi connectivity index (χ1n) is 10.3. The zero-order chi connectivity index (χ0) is 20.6. The van der Waals surface area contributed by atoms with Crippen molar-refractivity contribution in [3.05, 3.63) is 29.7 Å². The Hall–Kier alpha value is -1.69. The summed E-state index contributed by atoms with van der Waals surface area (Å²) >= 11 is 1.50. The van der Waals surface area contributed by atoms with E-state index in [4.69, 9.17) is 9.73 Å². The second-order valence-electron chi connectivity index (χ2n) is 7.16. The van der Waals surface area contributed by atoms with Crippen LogP contribution < -0.4 is 15.0 Å². The number of aliphatic imine (C=N–C) groups is 1. The summed E-state index contributed by atoms with van der Waals surface area (Å²) < 4.78 is 10.0. The van der Waals surface area contributed by atoms with E-state index in [1.165, 1.54) is 11.5 Å². The molecule has 0 aliphatic carbocycles. The Morgan fingerprint density at radius 1 is 1.23 bits per heavy atom. The van der Waals surface area contributed by atoms with Gasteiger partial charge in [-0.1, -0.05) is 13.0 Å². The topological polar surface area (TPSA) is 78.8 Å². The smallest absolute Gasteiger partial charge is 0.213 e. The Labute approximate surface area is 200 Å². The van der Waals surface area contributed by atoms with Crippen LogP contribution in [0.15, 0.2) is 23.3 Å². The van der Waals surface area contributed by atoms with Crippen molar-refractivity contribution in [2.24, 2.45) is 4.99 Å². The van der Waals surface area contributed by atoms with Crippen LogP contribution >= 0.6 is 35.5 Å². The Morgan fingerprint density at radius 2 is 2.00 bits per heavy atom. The molecule has 0 saturated carbocycles. The number of anilines is 1. The first-order valence-corrected chi connectivity index (χ1v) is 11.1. The number of halogens is 1. The van der Waals surface area contributed by atoms with E-state index in [1.54, 1.807) is 0 Å². The standard InChI is InChI=1S/C20H31N7OS.HI/c1-5-17-24-20(29-25-17)27-11-9-26(10-12-27)19(21-6-2)23-14-16-7-8-18(22-13-16)28-15(3)4;/h7-8,13,15H,5-6,9-12,14H2,1-4H3,(H,21,23);1H. The van der Waals surface area contributed by atoms with Crippen molar-refractivity contribution in [2.75, 3.05) is 37.6 Å². The van der Waals surface area contributed by atoms with E-state index in [2.05, 4.69) is 43.3 Å². The number of nitrogens with zero attached hydrogens (tertiary/aromatic N) is 6. The Balaban J connectivity index is 0.00000320. The van der Waals surface area contributed by atoms with Gasteiger partial charge in [-0.15, -0.1) is 24.0 Å². The van der Waals surface area contributed by atoms with E-state index < -0.39 is 0 Å². The van der Waals surface area contributed by atoms with Crippen molar-refractivity contribution < 1.29 is 4.74 Å². The molecule has 0 bridgehead atoms. The summed E-state index contributed by atoms with van der Waals surface area (Å²) in [5.41, 5.74) is 1.07. The van der Waals surface area contributed by atoms with Gasteiger partial charge >= 0.3 is 0 Å². The minimum atomic E-state index is 0. The van der Waals surface area contributed by atoms with Crippen LogP contribution in [-0.4, -0.2) is 64.0 Å². The summed E-state index contributed by atoms with van der Waals surface area (Å²) in [6.45, 7) is 13.3. The third-order valence-corrected chi connectivity index (χ3v) is 5.34. The van der Waals surface area contributed by atoms with E-state index in [-0.39, 0.29) is 30.1 Å². The van der Waals surface area contributed by atoms with Gasteiger partial charge in [-0.05, 0) is 26.3 Å². The molecule has 0 radical (unpaired) electrons. The number of aryl methyl sites for hydroxylation is 1. The van der Waals surface area contributed by atoms with Gasteiger partial charge in [0.15, 0.2) is 5.96 Å². The van der Waals surface area contributed by atoms with Crippen molar-refractivity contribution in [3.63, 3.8) is 0 Å². The molecule has 1 N–H and O–H groups in total. The fraction of sp³-hybridized carbons (Fsp3) is 0.600. The maximum atomic E-state index is 5.60. The number of piperazine rings is 1. The van der Waals surface area contributed by atoms with E-state index in [1.807, 2.05) is 32.2 Å². The molecule has 30 heavy (non-hydrogen) atoms. The van der Waals surface area contributed by atoms with Gasteiger partial charge < -0.3 is 19.9 Å². The second kappa shape index (κ2) is 12.2. The zero-order valence-electron chi connectivity index (χ0n) is 18.2. The van der Waals surface area contributed by atoms with Crippen molar-refractivity contribution in [3.8, 4) is 5.88 Å². The summed E-state index contributed by atoms with van der Waals surface area (Å²) in [7, 11) is 0. The average Bonchev–Trinajstić information content (AvgIpc) is 3.21. The molecule has 0 aromatic carbocycles. The van der Waals surface area contributed by atoms with Gasteiger partial charge in [-0.25, -0.2) is 15.0 Å². The third kappa shape index (κ3) is 6.93. The largest absolute Gasteiger partial charge is 0.475 e. The van der Waals surface area contributed by atoms with E-state index in [0.717, 1.165) is 61.6 Å². The highest BCUT2D eigenvalue weighted by Gasteiger charge is 2.22. The number of hydrogen-bond donors (Lipinski definition) is 1. The predicted octanol–water partition coefficient (Wildman–Crippen LogP) is 3.19. The number of ether oxygens (including phenoxy) is 1. The molecule has 0 spiro atoms. The molecule has 1 aliphatic rings. The van der Waals surface area contributed by atoms with Crippen LogP contribution in [0.3, 0.4) is 0 Å². The fourth-order valence-electron chi connectivity index (χ4n) is 3.03. The second-order valence-corrected chi connectivity index (χ2v) is 7.89. The Bertz CT molecular complexity index is 789. The van der Waals surface area contributed by atoms with Gasteiger partial charge in [0, 0.05) is 62.9 Å². The fourth-order valence-corrected chi connectivity index (χ4v) is 3.84. The summed E-state index contributed by atoms with van der Waals surface area (Å²) in [4.78, 5) is 18.4. The highest BCUT2D eigenvalue weighted by molar-refractivity contribution is 14.0. The molecule has 1 saturated heterocycles. The van der Waals surface area contributed by atoms with E-state index in [0.29, 0.717) is 12.4 Å². The molecule has 0 unspecified atom stereocenters. The quantitative estimate of drug-likeness (QED) is 0.325. The monoisotopic (exact) mass is 545 g/mol. The molecule has 3 heterocycles. The SMILES string of the molecule is CCNC(=NCc1ccc(OC(C)C)nc1)N1CCN(c2nc(CC)ns2)CC1.I. The summed E-state index contributed by atoms with van der Waals surface area (Å²) in [5, 5.41) is 4.44. The molecule has 1 aliphatic heterocycles. The molecule has 3 rings (SSSR count). The highest BCUT2D eigenvalue weighted by Crippen LogP contribution is 2.19. The lowest BCUT2D eigenvalue weighted by Gasteiger charge is -2.36. The van der Waals surface area contributed by atoms with Crippen LogP contribution in [0.4, 0.5) is 5.13 Å². The molecule has 166 valence electrons. The van der Waals surface area contributed by atoms with Gasteiger partial charge in [0.1, 0.15) is 5.82 Å². The van der Waals surface area contributed by atoms with Crippen molar-refractivity contribution in [2.45, 2.75) is 46.8 Å². The molecule has 10 heteroatoms. The normalized spacial score (nSPS) is 14.6. The number of hydrogen-bond acceptors (Lipinski definition) is 7. The zero-order valence-corrected chi connectivity index (χ0v) is 21.3. The number of rotatable bonds is 7. The molecule has 2 aromatic heterocycles. The number of pyridine rings is 1. The predicted molar refractivity (Wildman–Crippen MR) is 133 cm³/mol. The summed E-state index contributed by atoms with van der Waals surface area (Å²) in [6, 6.07) is 3.93. The van der Waals surface area contributed by atoms with Crippen LogP contribution in [0.25, 0.3) is 0 Å². The first kappa shape index (κ1) is 24.6. The van der Waals surface area contributed by atoms with Crippen molar-refractivity contribution in [1.29, 1.82) is 0 Å². The van der Waals surface area contributed by atoms with Gasteiger partial charge in [-0.2, -0.15) is 4.37 Å². The number of aromatic nitrogens is 3. The minimum Gasteiger partial charge on any atom is -0.475 e. The minimum absolute atomic E-state index is 0. The van der Waals surface area contributed by atoms with Gasteiger partial charge in [0.2, 0.25) is 11.0 Å². The lowest BCUT2D eigenvalue weighted by Crippen LogP contribution is -2.52. The first-order chi connectivity index (χ1) is 14.1. The molecule has 2 aromatic rings. The Morgan fingerprint density at radius 3 is 2.57 bits per heavy atom. The van der Waals surface area contributed by atoms with Gasteiger partial charge in [0.05, 0.1) is 12.6 Å². The van der Waals surface area contributed by atoms with Crippen LogP contribution in [0.1, 0.15) is 39.1 Å². The van der Waals surface area contributed by atoms with Crippen LogP contribution in [0, 0.1) is 0 Å². The molecule has 0 amide bonds. The average molecular weight is 545 g/mol. The maximum Gasteiger partial charge on any atom is 0.213 e. The molecular formula is C20H32IN7OS. The van der Waals surface area contributed by atoms with Crippen LogP contribution in [0.2, 0.25) is 0 Å². The van der Waals surface area contributed by atoms with Gasteiger partial charge in [-0.3, -0.25) is 0 Å². The molecule has 0 atom stereocenters. The Kier molecular flexibility index (Phi) is 10.0. The highest BCUT2D eigenvalue weighted by atomic mass is 127. The van der Waals surface area contributed by atoms with Crippen LogP contribution in [-0.2, 0) is 13.0 Å². The molecule has 1 fully saturated rings. The van der Waals surface area contributed by atoms with E-state index >= 15 is 0 Å². The van der Waals surface area contributed by atoms with Gasteiger partial charge in [0.25, 0.3) is 0 Å². The number of nitrogens with one attached hydrogen (secondary N) is 1. The lowest BCUT2D eigenvalue weighted by atomic mass is 10.3. The van der Waals surface area contributed by atoms with Crippen LogP contribution in [0.5, 0.6) is 5.88 Å². The lowest BCUT2D eigenvalue weighted by molar-refractivity contribution is 0.232. The van der Waals surface area contributed by atoms with Crippen molar-refractivity contribution in [1.82, 2.24) is 24.6 Å². The van der Waals surface area contributed by atoms with E-state index in [9.17, 15) is 0 Å². The third-order valence-electron chi connectivity index (χ3n) is 4.52. The number of guanidine groups is 1. The molecule has 8 nitrogen and oxygen atoms in total. The summed E-state index contributed by atoms with van der Waals surface area (Å²) in [5.74, 6) is 2.53. The maximum absolute atomic E-state index is 5.60. The van der Waals surface area contributed by atoms with Crippen molar-refractivity contribution >= 4 is 46.6 Å².